The molecular weight excluding hydrogens is 500 g/mol. The summed E-state index contributed by atoms with van der Waals surface area (Å²) in [5.41, 5.74) is 3.08. The van der Waals surface area contributed by atoms with Gasteiger partial charge in [-0.1, -0.05) is 42.8 Å². The third kappa shape index (κ3) is 5.74. The molecule has 1 heterocycles. The number of carbonyl (C=O) groups excluding carboxylic acids is 3. The fourth-order valence-electron chi connectivity index (χ4n) is 5.09. The van der Waals surface area contributed by atoms with Crippen molar-refractivity contribution in [1.82, 2.24) is 10.2 Å². The van der Waals surface area contributed by atoms with Crippen LogP contribution in [0.1, 0.15) is 46.3 Å². The fraction of sp³-hybridized carbons (Fsp3) is 0.367. The number of nitrogens with one attached hydrogen (secondary N) is 1. The molecule has 0 radical (unpaired) electrons. The first kappa shape index (κ1) is 28.1. The van der Waals surface area contributed by atoms with Crippen LogP contribution in [0.25, 0.3) is 0 Å². The highest BCUT2D eigenvalue weighted by molar-refractivity contribution is 5.97. The van der Waals surface area contributed by atoms with Crippen molar-refractivity contribution in [3.05, 3.63) is 82.5 Å². The van der Waals surface area contributed by atoms with Crippen molar-refractivity contribution in [3.8, 4) is 11.5 Å². The van der Waals surface area contributed by atoms with E-state index in [0.29, 0.717) is 35.3 Å². The molecule has 39 heavy (non-hydrogen) atoms. The largest absolute Gasteiger partial charge is 0.493 e. The lowest BCUT2D eigenvalue weighted by Crippen LogP contribution is -2.55. The SMILES string of the molecule is CCC=CC(=O)N(Cc1ccc(C)cc1)C1C=C(C(=O)NCCO)C2c3cc(C=O)cc(OC)c3OC2C1O. The Balaban J connectivity index is 1.82. The number of hydrogen-bond acceptors (Lipinski definition) is 7. The Hall–Kier alpha value is -3.95. The van der Waals surface area contributed by atoms with Crippen molar-refractivity contribution >= 4 is 18.1 Å². The molecule has 9 heteroatoms. The average Bonchev–Trinajstić information content (AvgIpc) is 3.34. The lowest BCUT2D eigenvalue weighted by Gasteiger charge is -2.40. The summed E-state index contributed by atoms with van der Waals surface area (Å²) in [6.07, 6.45) is 4.02. The van der Waals surface area contributed by atoms with Crippen molar-refractivity contribution in [2.45, 2.75) is 51.0 Å². The van der Waals surface area contributed by atoms with Crippen LogP contribution in [0.15, 0.2) is 60.2 Å². The number of aliphatic hydroxyl groups excluding tert-OH is 2. The van der Waals surface area contributed by atoms with E-state index in [0.717, 1.165) is 11.1 Å². The van der Waals surface area contributed by atoms with E-state index >= 15 is 0 Å². The van der Waals surface area contributed by atoms with Crippen LogP contribution in [0.2, 0.25) is 0 Å². The smallest absolute Gasteiger partial charge is 0.247 e. The van der Waals surface area contributed by atoms with E-state index in [9.17, 15) is 24.6 Å². The van der Waals surface area contributed by atoms with Crippen LogP contribution in [0.5, 0.6) is 11.5 Å². The fourth-order valence-corrected chi connectivity index (χ4v) is 5.09. The van der Waals surface area contributed by atoms with Crippen molar-refractivity contribution in [1.29, 1.82) is 0 Å². The molecule has 4 atom stereocenters. The predicted octanol–water partition coefficient (Wildman–Crippen LogP) is 2.43. The standard InChI is InChI=1S/C30H34N2O7/c1-4-5-6-25(35)32(16-19-9-7-18(2)8-10-19)23-15-22(30(37)31-11-12-33)26-21-13-20(17-34)14-24(38-3)28(21)39-29(26)27(23)36/h5-10,13-15,17,23,26-27,29,33,36H,4,11-12,16H2,1-3H3,(H,31,37). The molecule has 1 aliphatic heterocycles. The lowest BCUT2D eigenvalue weighted by atomic mass is 9.77. The average molecular weight is 535 g/mol. The van der Waals surface area contributed by atoms with Crippen molar-refractivity contribution in [2.24, 2.45) is 0 Å². The Kier molecular flexibility index (Phi) is 8.83. The number of aryl methyl sites for hydroxylation is 1. The van der Waals surface area contributed by atoms with Gasteiger partial charge in [-0.05, 0) is 43.2 Å². The van der Waals surface area contributed by atoms with Crippen molar-refractivity contribution in [3.63, 3.8) is 0 Å². The number of aliphatic hydroxyl groups is 2. The Bertz CT molecular complexity index is 1280. The Morgan fingerprint density at radius 1 is 1.21 bits per heavy atom. The summed E-state index contributed by atoms with van der Waals surface area (Å²) >= 11 is 0. The predicted molar refractivity (Wildman–Crippen MR) is 145 cm³/mol. The maximum absolute atomic E-state index is 13.4. The number of aldehydes is 1. The number of hydrogen-bond donors (Lipinski definition) is 3. The Labute approximate surface area is 227 Å². The van der Waals surface area contributed by atoms with Crippen LogP contribution in [0.4, 0.5) is 0 Å². The monoisotopic (exact) mass is 534 g/mol. The first-order valence-electron chi connectivity index (χ1n) is 13.0. The highest BCUT2D eigenvalue weighted by atomic mass is 16.5. The minimum absolute atomic E-state index is 0.0252. The summed E-state index contributed by atoms with van der Waals surface area (Å²) in [6, 6.07) is 9.99. The number of allylic oxidation sites excluding steroid dienone is 1. The topological polar surface area (TPSA) is 125 Å². The summed E-state index contributed by atoms with van der Waals surface area (Å²) in [6.45, 7) is 3.86. The van der Waals surface area contributed by atoms with E-state index in [-0.39, 0.29) is 31.2 Å². The zero-order valence-electron chi connectivity index (χ0n) is 22.3. The zero-order chi connectivity index (χ0) is 28.1. The normalized spacial score (nSPS) is 21.4. The van der Waals surface area contributed by atoms with Crippen LogP contribution in [0.3, 0.4) is 0 Å². The van der Waals surface area contributed by atoms with Crippen LogP contribution < -0.4 is 14.8 Å². The maximum Gasteiger partial charge on any atom is 0.247 e. The van der Waals surface area contributed by atoms with Crippen LogP contribution in [0, 0.1) is 6.92 Å². The molecule has 1 aliphatic carbocycles. The highest BCUT2D eigenvalue weighted by Crippen LogP contribution is 2.51. The molecule has 2 amide bonds. The number of methoxy groups -OCH3 is 1. The van der Waals surface area contributed by atoms with Crippen LogP contribution >= 0.6 is 0 Å². The number of benzene rings is 2. The van der Waals surface area contributed by atoms with Gasteiger partial charge in [0.25, 0.3) is 0 Å². The van der Waals surface area contributed by atoms with Gasteiger partial charge in [-0.2, -0.15) is 0 Å². The Morgan fingerprint density at radius 3 is 2.59 bits per heavy atom. The minimum atomic E-state index is -1.20. The molecule has 2 aliphatic rings. The molecule has 0 spiro atoms. The van der Waals surface area contributed by atoms with Gasteiger partial charge in [0.2, 0.25) is 11.8 Å². The van der Waals surface area contributed by atoms with Crippen LogP contribution in [-0.4, -0.2) is 71.7 Å². The molecule has 4 rings (SSSR count). The van der Waals surface area contributed by atoms with E-state index in [1.165, 1.54) is 24.2 Å². The van der Waals surface area contributed by atoms with Gasteiger partial charge in [-0.3, -0.25) is 14.4 Å². The summed E-state index contributed by atoms with van der Waals surface area (Å²) in [7, 11) is 1.45. The third-order valence-corrected chi connectivity index (χ3v) is 7.02. The second-order valence-corrected chi connectivity index (χ2v) is 9.66. The van der Waals surface area contributed by atoms with Gasteiger partial charge in [0.1, 0.15) is 18.5 Å². The van der Waals surface area contributed by atoms with Crippen molar-refractivity contribution in [2.75, 3.05) is 20.3 Å². The summed E-state index contributed by atoms with van der Waals surface area (Å²) in [4.78, 5) is 40.0. The maximum atomic E-state index is 13.4. The molecule has 3 N–H and O–H groups in total. The van der Waals surface area contributed by atoms with Crippen molar-refractivity contribution < 1.29 is 34.1 Å². The molecule has 9 nitrogen and oxygen atoms in total. The number of nitrogens with zero attached hydrogens (tertiary/aromatic N) is 1. The van der Waals surface area contributed by atoms with Gasteiger partial charge >= 0.3 is 0 Å². The lowest BCUT2D eigenvalue weighted by molar-refractivity contribution is -0.133. The summed E-state index contributed by atoms with van der Waals surface area (Å²) < 4.78 is 11.7. The molecule has 0 aromatic heterocycles. The van der Waals surface area contributed by atoms with Gasteiger partial charge in [-0.25, -0.2) is 0 Å². The van der Waals surface area contributed by atoms with Gasteiger partial charge in [0.05, 0.1) is 25.7 Å². The molecule has 2 aromatic rings. The summed E-state index contributed by atoms with van der Waals surface area (Å²) in [5.74, 6) is -0.860. The van der Waals surface area contributed by atoms with Gasteiger partial charge in [0, 0.05) is 29.8 Å². The molecular formula is C30H34N2O7. The number of fused-ring (bicyclic) bond motifs is 3. The van der Waals surface area contributed by atoms with Crippen LogP contribution in [-0.2, 0) is 16.1 Å². The number of rotatable bonds is 10. The van der Waals surface area contributed by atoms with E-state index < -0.39 is 30.1 Å². The number of ether oxygens (including phenoxy) is 2. The highest BCUT2D eigenvalue weighted by Gasteiger charge is 2.51. The molecule has 206 valence electrons. The van der Waals surface area contributed by atoms with Gasteiger partial charge in [0.15, 0.2) is 11.5 Å². The van der Waals surface area contributed by atoms with E-state index in [4.69, 9.17) is 9.47 Å². The number of carbonyl (C=O) groups is 3. The molecule has 0 fully saturated rings. The molecule has 0 bridgehead atoms. The minimum Gasteiger partial charge on any atom is -0.493 e. The first-order valence-corrected chi connectivity index (χ1v) is 13.0. The number of amides is 2. The first-order chi connectivity index (χ1) is 18.8. The molecule has 0 saturated heterocycles. The zero-order valence-corrected chi connectivity index (χ0v) is 22.3. The molecule has 4 unspecified atom stereocenters. The van der Waals surface area contributed by atoms with E-state index in [1.54, 1.807) is 18.2 Å². The Morgan fingerprint density at radius 2 is 1.95 bits per heavy atom. The van der Waals surface area contributed by atoms with E-state index in [1.807, 2.05) is 38.1 Å². The second-order valence-electron chi connectivity index (χ2n) is 9.66. The molecule has 2 aromatic carbocycles. The van der Waals surface area contributed by atoms with E-state index in [2.05, 4.69) is 5.32 Å². The second kappa shape index (κ2) is 12.3. The molecule has 0 saturated carbocycles. The summed E-state index contributed by atoms with van der Waals surface area (Å²) in [5, 5.41) is 23.7. The van der Waals surface area contributed by atoms with Gasteiger partial charge < -0.3 is 29.9 Å². The quantitative estimate of drug-likeness (QED) is 0.316. The van der Waals surface area contributed by atoms with Gasteiger partial charge in [-0.15, -0.1) is 0 Å². The third-order valence-electron chi connectivity index (χ3n) is 7.02.